The van der Waals surface area contributed by atoms with Crippen LogP contribution in [0.15, 0.2) is 12.7 Å². The number of aliphatic hydroxyl groups is 1. The predicted octanol–water partition coefficient (Wildman–Crippen LogP) is 0.0281. The van der Waals surface area contributed by atoms with Gasteiger partial charge in [0.25, 0.3) is 0 Å². The second-order valence-corrected chi connectivity index (χ2v) is 5.06. The van der Waals surface area contributed by atoms with E-state index in [0.29, 0.717) is 12.8 Å². The van der Waals surface area contributed by atoms with E-state index in [-0.39, 0.29) is 30.3 Å². The second kappa shape index (κ2) is 3.32. The van der Waals surface area contributed by atoms with Crippen molar-refractivity contribution < 1.29 is 24.2 Å². The highest BCUT2D eigenvalue weighted by molar-refractivity contribution is 5.82. The van der Waals surface area contributed by atoms with Gasteiger partial charge in [0.15, 0.2) is 0 Å². The van der Waals surface area contributed by atoms with E-state index in [1.165, 1.54) is 0 Å². The highest BCUT2D eigenvalue weighted by Gasteiger charge is 2.69. The molecule has 0 radical (unpaired) electrons. The van der Waals surface area contributed by atoms with E-state index in [1.807, 2.05) is 0 Å². The van der Waals surface area contributed by atoms with Crippen molar-refractivity contribution >= 4 is 11.9 Å². The minimum atomic E-state index is -0.938. The fourth-order valence-electron chi connectivity index (χ4n) is 3.70. The van der Waals surface area contributed by atoms with Gasteiger partial charge in [-0.05, 0) is 18.8 Å². The molecule has 2 aliphatic carbocycles. The lowest BCUT2D eigenvalue weighted by Crippen LogP contribution is -2.50. The summed E-state index contributed by atoms with van der Waals surface area (Å²) in [7, 11) is 0. The van der Waals surface area contributed by atoms with Gasteiger partial charge in [-0.2, -0.15) is 0 Å². The SMILES string of the molecule is C=CC(=O)OC12CC(CC1O)C1C(=O)OCC12. The third-order valence-electron chi connectivity index (χ3n) is 4.37. The van der Waals surface area contributed by atoms with Crippen LogP contribution in [0.3, 0.4) is 0 Å². The Bertz CT molecular complexity index is 404. The molecule has 5 unspecified atom stereocenters. The lowest BCUT2D eigenvalue weighted by molar-refractivity contribution is -0.174. The number of fused-ring (bicyclic) bond motifs is 5. The zero-order valence-electron chi connectivity index (χ0n) is 9.30. The van der Waals surface area contributed by atoms with Crippen LogP contribution in [-0.4, -0.2) is 35.4 Å². The van der Waals surface area contributed by atoms with Gasteiger partial charge < -0.3 is 14.6 Å². The molecule has 1 heterocycles. The molecule has 0 aromatic carbocycles. The molecule has 0 aromatic heterocycles. The maximum Gasteiger partial charge on any atom is 0.330 e. The Balaban J connectivity index is 1.94. The Labute approximate surface area is 98.4 Å². The van der Waals surface area contributed by atoms with E-state index in [4.69, 9.17) is 9.47 Å². The zero-order valence-corrected chi connectivity index (χ0v) is 9.30. The van der Waals surface area contributed by atoms with Crippen molar-refractivity contribution in [3.8, 4) is 0 Å². The minimum absolute atomic E-state index is 0.0719. The number of aliphatic hydroxyl groups excluding tert-OH is 1. The summed E-state index contributed by atoms with van der Waals surface area (Å²) in [6, 6.07) is 0. The molecule has 5 atom stereocenters. The Morgan fingerprint density at radius 3 is 3.12 bits per heavy atom. The summed E-state index contributed by atoms with van der Waals surface area (Å²) in [5, 5.41) is 10.1. The average Bonchev–Trinajstić information content (AvgIpc) is 2.90. The van der Waals surface area contributed by atoms with E-state index < -0.39 is 17.7 Å². The summed E-state index contributed by atoms with van der Waals surface area (Å²) in [6.07, 6.45) is 1.44. The first-order valence-corrected chi connectivity index (χ1v) is 5.78. The molecule has 1 saturated heterocycles. The van der Waals surface area contributed by atoms with Crippen molar-refractivity contribution in [1.29, 1.82) is 0 Å². The number of esters is 2. The Morgan fingerprint density at radius 2 is 2.41 bits per heavy atom. The van der Waals surface area contributed by atoms with E-state index >= 15 is 0 Å². The monoisotopic (exact) mass is 238 g/mol. The topological polar surface area (TPSA) is 72.8 Å². The molecule has 92 valence electrons. The molecule has 2 saturated carbocycles. The normalized spacial score (nSPS) is 46.5. The van der Waals surface area contributed by atoms with Gasteiger partial charge in [-0.3, -0.25) is 4.79 Å². The summed E-state index contributed by atoms with van der Waals surface area (Å²) in [4.78, 5) is 23.0. The molecule has 3 fully saturated rings. The van der Waals surface area contributed by atoms with Crippen molar-refractivity contribution in [3.63, 3.8) is 0 Å². The molecule has 5 heteroatoms. The van der Waals surface area contributed by atoms with Crippen molar-refractivity contribution in [3.05, 3.63) is 12.7 Å². The van der Waals surface area contributed by atoms with Gasteiger partial charge >= 0.3 is 11.9 Å². The van der Waals surface area contributed by atoms with E-state index in [9.17, 15) is 14.7 Å². The number of hydrogen-bond acceptors (Lipinski definition) is 5. The van der Waals surface area contributed by atoms with Crippen LogP contribution in [-0.2, 0) is 19.1 Å². The summed E-state index contributed by atoms with van der Waals surface area (Å²) in [6.45, 7) is 3.59. The summed E-state index contributed by atoms with van der Waals surface area (Å²) < 4.78 is 10.4. The van der Waals surface area contributed by atoms with Crippen LogP contribution in [0.4, 0.5) is 0 Å². The summed E-state index contributed by atoms with van der Waals surface area (Å²) in [5.74, 6) is -1.11. The van der Waals surface area contributed by atoms with Crippen molar-refractivity contribution in [2.45, 2.75) is 24.5 Å². The molecule has 0 spiro atoms. The second-order valence-electron chi connectivity index (χ2n) is 5.06. The molecule has 3 rings (SSSR count). The number of cyclic esters (lactones) is 1. The molecule has 1 N–H and O–H groups in total. The number of rotatable bonds is 2. The molecule has 2 bridgehead atoms. The van der Waals surface area contributed by atoms with E-state index in [0.717, 1.165) is 6.08 Å². The first-order valence-electron chi connectivity index (χ1n) is 5.78. The van der Waals surface area contributed by atoms with Gasteiger partial charge in [0.2, 0.25) is 0 Å². The summed E-state index contributed by atoms with van der Waals surface area (Å²) >= 11 is 0. The third kappa shape index (κ3) is 1.23. The quantitative estimate of drug-likeness (QED) is 0.542. The fourth-order valence-corrected chi connectivity index (χ4v) is 3.70. The first-order chi connectivity index (χ1) is 8.08. The smallest absolute Gasteiger partial charge is 0.330 e. The van der Waals surface area contributed by atoms with Crippen LogP contribution in [0.5, 0.6) is 0 Å². The molecule has 3 aliphatic rings. The lowest BCUT2D eigenvalue weighted by Gasteiger charge is -2.36. The maximum atomic E-state index is 11.6. The van der Waals surface area contributed by atoms with E-state index in [1.54, 1.807) is 0 Å². The Hall–Kier alpha value is -1.36. The largest absolute Gasteiger partial charge is 0.465 e. The first kappa shape index (κ1) is 10.8. The van der Waals surface area contributed by atoms with Crippen LogP contribution in [0.2, 0.25) is 0 Å². The number of ether oxygens (including phenoxy) is 2. The van der Waals surface area contributed by atoms with Gasteiger partial charge in [0, 0.05) is 12.0 Å². The maximum absolute atomic E-state index is 11.6. The van der Waals surface area contributed by atoms with Crippen LogP contribution in [0.25, 0.3) is 0 Å². The third-order valence-corrected chi connectivity index (χ3v) is 4.37. The Kier molecular flexibility index (Phi) is 2.10. The average molecular weight is 238 g/mol. The minimum Gasteiger partial charge on any atom is -0.465 e. The predicted molar refractivity (Wildman–Crippen MR) is 55.7 cm³/mol. The molecular weight excluding hydrogens is 224 g/mol. The van der Waals surface area contributed by atoms with E-state index in [2.05, 4.69) is 6.58 Å². The van der Waals surface area contributed by atoms with Crippen LogP contribution < -0.4 is 0 Å². The molecule has 0 amide bonds. The summed E-state index contributed by atoms with van der Waals surface area (Å²) in [5.41, 5.74) is -0.938. The van der Waals surface area contributed by atoms with Crippen LogP contribution in [0, 0.1) is 17.8 Å². The molecular formula is C12H14O5. The Morgan fingerprint density at radius 1 is 1.65 bits per heavy atom. The lowest BCUT2D eigenvalue weighted by atomic mass is 9.77. The van der Waals surface area contributed by atoms with Crippen molar-refractivity contribution in [2.75, 3.05) is 6.61 Å². The van der Waals surface area contributed by atoms with Gasteiger partial charge in [0.1, 0.15) is 5.60 Å². The van der Waals surface area contributed by atoms with Gasteiger partial charge in [-0.25, -0.2) is 4.79 Å². The molecule has 17 heavy (non-hydrogen) atoms. The standard InChI is InChI=1S/C12H14O5/c1-2-9(14)17-12-4-6(3-8(12)13)10-7(12)5-16-11(10)15/h2,6-8,10,13H,1,3-5H2. The van der Waals surface area contributed by atoms with Gasteiger partial charge in [0.05, 0.1) is 18.6 Å². The van der Waals surface area contributed by atoms with Crippen molar-refractivity contribution in [2.24, 2.45) is 17.8 Å². The number of carbonyl (C=O) groups is 2. The fraction of sp³-hybridized carbons (Fsp3) is 0.667. The molecule has 1 aliphatic heterocycles. The molecule has 5 nitrogen and oxygen atoms in total. The van der Waals surface area contributed by atoms with Gasteiger partial charge in [-0.15, -0.1) is 0 Å². The molecule has 0 aromatic rings. The zero-order chi connectivity index (χ0) is 12.2. The van der Waals surface area contributed by atoms with Crippen molar-refractivity contribution in [1.82, 2.24) is 0 Å². The number of hydrogen-bond donors (Lipinski definition) is 1. The van der Waals surface area contributed by atoms with Crippen LogP contribution >= 0.6 is 0 Å². The number of carbonyl (C=O) groups excluding carboxylic acids is 2. The highest BCUT2D eigenvalue weighted by Crippen LogP contribution is 2.59. The highest BCUT2D eigenvalue weighted by atomic mass is 16.6. The van der Waals surface area contributed by atoms with Crippen LogP contribution in [0.1, 0.15) is 12.8 Å². The van der Waals surface area contributed by atoms with Gasteiger partial charge in [-0.1, -0.05) is 6.58 Å².